The third-order valence-corrected chi connectivity index (χ3v) is 4.88. The first-order valence-corrected chi connectivity index (χ1v) is 9.41. The molecular weight excluding hydrogens is 368 g/mol. The third-order valence-electron chi connectivity index (χ3n) is 4.88. The second-order valence-electron chi connectivity index (χ2n) is 6.76. The van der Waals surface area contributed by atoms with Gasteiger partial charge in [0.05, 0.1) is 12.2 Å². The molecule has 4 aromatic rings. The highest BCUT2D eigenvalue weighted by Crippen LogP contribution is 2.38. The van der Waals surface area contributed by atoms with Gasteiger partial charge in [-0.1, -0.05) is 42.5 Å². The van der Waals surface area contributed by atoms with Gasteiger partial charge < -0.3 is 13.9 Å². The largest absolute Gasteiger partial charge is 0.462 e. The number of esters is 2. The van der Waals surface area contributed by atoms with Crippen molar-refractivity contribution in [3.8, 4) is 5.75 Å². The van der Waals surface area contributed by atoms with Gasteiger partial charge in [-0.3, -0.25) is 0 Å². The first kappa shape index (κ1) is 18.7. The summed E-state index contributed by atoms with van der Waals surface area (Å²) >= 11 is 0. The molecule has 0 spiro atoms. The molecule has 29 heavy (non-hydrogen) atoms. The van der Waals surface area contributed by atoms with E-state index >= 15 is 0 Å². The molecule has 146 valence electrons. The van der Waals surface area contributed by atoms with Crippen LogP contribution in [-0.4, -0.2) is 18.5 Å². The molecule has 0 amide bonds. The van der Waals surface area contributed by atoms with Crippen molar-refractivity contribution in [3.63, 3.8) is 0 Å². The van der Waals surface area contributed by atoms with E-state index in [1.54, 1.807) is 32.0 Å². The van der Waals surface area contributed by atoms with Crippen LogP contribution in [0.1, 0.15) is 39.0 Å². The molecule has 0 aliphatic heterocycles. The standard InChI is InChI=1S/C24H20O5/c1-4-27-24(26)21-15(3)28-22-18-12-8-7-11-17(18)20(13-19(21)22)29-23(25)16-10-6-5-9-14(16)2/h5-13H,4H2,1-3H3. The van der Waals surface area contributed by atoms with Crippen LogP contribution in [0, 0.1) is 13.8 Å². The van der Waals surface area contributed by atoms with Gasteiger partial charge in [0.1, 0.15) is 22.7 Å². The van der Waals surface area contributed by atoms with Gasteiger partial charge in [-0.2, -0.15) is 0 Å². The van der Waals surface area contributed by atoms with E-state index in [0.29, 0.717) is 33.6 Å². The molecule has 0 saturated heterocycles. The maximum absolute atomic E-state index is 12.8. The van der Waals surface area contributed by atoms with Crippen LogP contribution in [0.4, 0.5) is 0 Å². The van der Waals surface area contributed by atoms with Crippen molar-refractivity contribution in [2.24, 2.45) is 0 Å². The molecule has 1 aromatic heterocycles. The lowest BCUT2D eigenvalue weighted by Gasteiger charge is -2.10. The number of hydrogen-bond acceptors (Lipinski definition) is 5. The van der Waals surface area contributed by atoms with Crippen molar-refractivity contribution in [1.29, 1.82) is 0 Å². The number of carbonyl (C=O) groups is 2. The van der Waals surface area contributed by atoms with Crippen LogP contribution in [0.15, 0.2) is 59.0 Å². The first-order valence-electron chi connectivity index (χ1n) is 9.41. The van der Waals surface area contributed by atoms with Crippen molar-refractivity contribution >= 4 is 33.7 Å². The molecule has 0 saturated carbocycles. The summed E-state index contributed by atoms with van der Waals surface area (Å²) in [5.74, 6) is -0.0839. The van der Waals surface area contributed by atoms with Crippen LogP contribution in [0.2, 0.25) is 0 Å². The zero-order chi connectivity index (χ0) is 20.5. The second-order valence-corrected chi connectivity index (χ2v) is 6.76. The summed E-state index contributed by atoms with van der Waals surface area (Å²) in [5.41, 5.74) is 2.23. The Morgan fingerprint density at radius 1 is 0.897 bits per heavy atom. The minimum atomic E-state index is -0.463. The van der Waals surface area contributed by atoms with E-state index in [2.05, 4.69) is 0 Å². The Hall–Kier alpha value is -3.60. The molecule has 0 aliphatic carbocycles. The molecule has 0 atom stereocenters. The van der Waals surface area contributed by atoms with Crippen molar-refractivity contribution in [2.45, 2.75) is 20.8 Å². The van der Waals surface area contributed by atoms with Crippen LogP contribution < -0.4 is 4.74 Å². The molecule has 1 heterocycles. The summed E-state index contributed by atoms with van der Waals surface area (Å²) in [6, 6.07) is 16.4. The molecule has 5 nitrogen and oxygen atoms in total. The van der Waals surface area contributed by atoms with Crippen LogP contribution in [0.25, 0.3) is 21.7 Å². The zero-order valence-electron chi connectivity index (χ0n) is 16.4. The van der Waals surface area contributed by atoms with Gasteiger partial charge in [0, 0.05) is 16.2 Å². The van der Waals surface area contributed by atoms with Crippen LogP contribution in [0.3, 0.4) is 0 Å². The SMILES string of the molecule is CCOC(=O)c1c(C)oc2c1cc(OC(=O)c1ccccc1C)c1ccccc12. The molecule has 0 bridgehead atoms. The maximum Gasteiger partial charge on any atom is 0.343 e. The van der Waals surface area contributed by atoms with E-state index in [9.17, 15) is 9.59 Å². The number of benzene rings is 3. The Labute approximate surface area is 167 Å². The van der Waals surface area contributed by atoms with Crippen molar-refractivity contribution < 1.29 is 23.5 Å². The number of aryl methyl sites for hydroxylation is 2. The third kappa shape index (κ3) is 3.25. The Morgan fingerprint density at radius 3 is 2.31 bits per heavy atom. The van der Waals surface area contributed by atoms with Gasteiger partial charge in [-0.25, -0.2) is 9.59 Å². The fourth-order valence-electron chi connectivity index (χ4n) is 3.50. The fourth-order valence-corrected chi connectivity index (χ4v) is 3.50. The summed E-state index contributed by atoms with van der Waals surface area (Å²) in [6.07, 6.45) is 0. The van der Waals surface area contributed by atoms with Crippen molar-refractivity contribution in [3.05, 3.63) is 77.0 Å². The van der Waals surface area contributed by atoms with Gasteiger partial charge >= 0.3 is 11.9 Å². The Balaban J connectivity index is 1.91. The Morgan fingerprint density at radius 2 is 1.59 bits per heavy atom. The second kappa shape index (κ2) is 7.43. The van der Waals surface area contributed by atoms with Gasteiger partial charge in [0.2, 0.25) is 0 Å². The molecule has 0 radical (unpaired) electrons. The van der Waals surface area contributed by atoms with Crippen molar-refractivity contribution in [1.82, 2.24) is 0 Å². The van der Waals surface area contributed by atoms with Gasteiger partial charge in [0.25, 0.3) is 0 Å². The van der Waals surface area contributed by atoms with Gasteiger partial charge in [-0.15, -0.1) is 0 Å². The average molecular weight is 388 g/mol. The number of furan rings is 1. The molecule has 5 heteroatoms. The van der Waals surface area contributed by atoms with Crippen LogP contribution >= 0.6 is 0 Å². The summed E-state index contributed by atoms with van der Waals surface area (Å²) < 4.78 is 16.9. The topological polar surface area (TPSA) is 65.7 Å². The first-order chi connectivity index (χ1) is 14.0. The molecular formula is C24H20O5. The number of ether oxygens (including phenoxy) is 2. The molecule has 0 unspecified atom stereocenters. The fraction of sp³-hybridized carbons (Fsp3) is 0.167. The van der Waals surface area contributed by atoms with E-state index in [-0.39, 0.29) is 6.61 Å². The highest BCUT2D eigenvalue weighted by Gasteiger charge is 2.23. The smallest absolute Gasteiger partial charge is 0.343 e. The molecule has 3 aromatic carbocycles. The van der Waals surface area contributed by atoms with Gasteiger partial charge in [0.15, 0.2) is 0 Å². The average Bonchev–Trinajstić information content (AvgIpc) is 3.04. The predicted octanol–water partition coefficient (Wildman–Crippen LogP) is 5.60. The highest BCUT2D eigenvalue weighted by atomic mass is 16.5. The van der Waals surface area contributed by atoms with E-state index in [0.717, 1.165) is 16.3 Å². The van der Waals surface area contributed by atoms with Crippen LogP contribution in [0.5, 0.6) is 5.75 Å². The number of fused-ring (bicyclic) bond motifs is 3. The summed E-state index contributed by atoms with van der Waals surface area (Å²) in [7, 11) is 0. The van der Waals surface area contributed by atoms with E-state index in [1.807, 2.05) is 43.3 Å². The number of rotatable bonds is 4. The Kier molecular flexibility index (Phi) is 4.80. The molecule has 0 aliphatic rings. The lowest BCUT2D eigenvalue weighted by Crippen LogP contribution is -2.10. The summed E-state index contributed by atoms with van der Waals surface area (Å²) in [5, 5.41) is 2.05. The van der Waals surface area contributed by atoms with Gasteiger partial charge in [-0.05, 0) is 38.5 Å². The zero-order valence-corrected chi connectivity index (χ0v) is 16.4. The van der Waals surface area contributed by atoms with E-state index in [4.69, 9.17) is 13.9 Å². The normalized spacial score (nSPS) is 11.0. The molecule has 4 rings (SSSR count). The lowest BCUT2D eigenvalue weighted by atomic mass is 10.0. The number of carbonyl (C=O) groups excluding carboxylic acids is 2. The highest BCUT2D eigenvalue weighted by molar-refractivity contribution is 6.15. The Bertz CT molecular complexity index is 1250. The van der Waals surface area contributed by atoms with Crippen molar-refractivity contribution in [2.75, 3.05) is 6.61 Å². The summed E-state index contributed by atoms with van der Waals surface area (Å²) in [6.45, 7) is 5.59. The van der Waals surface area contributed by atoms with E-state index < -0.39 is 11.9 Å². The molecule has 0 fully saturated rings. The minimum Gasteiger partial charge on any atom is -0.462 e. The quantitative estimate of drug-likeness (QED) is 0.336. The number of hydrogen-bond donors (Lipinski definition) is 0. The monoisotopic (exact) mass is 388 g/mol. The minimum absolute atomic E-state index is 0.258. The predicted molar refractivity (Wildman–Crippen MR) is 111 cm³/mol. The maximum atomic E-state index is 12.8. The molecule has 0 N–H and O–H groups in total. The lowest BCUT2D eigenvalue weighted by molar-refractivity contribution is 0.0526. The summed E-state index contributed by atoms with van der Waals surface area (Å²) in [4.78, 5) is 25.3. The van der Waals surface area contributed by atoms with Crippen LogP contribution in [-0.2, 0) is 4.74 Å². The van der Waals surface area contributed by atoms with E-state index in [1.165, 1.54) is 0 Å².